The number of carbonyl (C=O) groups excluding carboxylic acids is 1. The summed E-state index contributed by atoms with van der Waals surface area (Å²) in [4.78, 5) is 12.1. The van der Waals surface area contributed by atoms with Crippen LogP contribution in [0.25, 0.3) is 5.69 Å². The zero-order valence-electron chi connectivity index (χ0n) is 11.7. The number of amides is 1. The van der Waals surface area contributed by atoms with Gasteiger partial charge >= 0.3 is 0 Å². The number of aromatic nitrogens is 3. The quantitative estimate of drug-likeness (QED) is 0.667. The summed E-state index contributed by atoms with van der Waals surface area (Å²) in [6.45, 7) is 0. The molecule has 0 aliphatic heterocycles. The highest BCUT2D eigenvalue weighted by Gasteiger charge is 2.12. The first-order valence-electron chi connectivity index (χ1n) is 6.63. The molecular formula is C15H11BrClN5O. The summed E-state index contributed by atoms with van der Waals surface area (Å²) in [5.74, 6) is -0.404. The normalized spacial score (nSPS) is 10.3. The van der Waals surface area contributed by atoms with E-state index in [1.807, 2.05) is 36.4 Å². The molecule has 0 radical (unpaired) electrons. The standard InChI is InChI=1S/C15H11BrClN5O/c16-10-5-1-3-7-12(10)18-20-15(23)13-9-22(21-19-13)14-8-4-2-6-11(14)17/h1-9,18H,(H,20,23). The first-order valence-corrected chi connectivity index (χ1v) is 7.80. The van der Waals surface area contributed by atoms with E-state index in [2.05, 4.69) is 37.1 Å². The van der Waals surface area contributed by atoms with E-state index in [0.29, 0.717) is 10.7 Å². The lowest BCUT2D eigenvalue weighted by Gasteiger charge is -2.08. The maximum absolute atomic E-state index is 12.1. The summed E-state index contributed by atoms with van der Waals surface area (Å²) in [6.07, 6.45) is 1.51. The van der Waals surface area contributed by atoms with Gasteiger partial charge in [0.15, 0.2) is 5.69 Å². The van der Waals surface area contributed by atoms with Crippen LogP contribution in [0.2, 0.25) is 5.02 Å². The van der Waals surface area contributed by atoms with Crippen molar-refractivity contribution in [3.8, 4) is 5.69 Å². The average molecular weight is 393 g/mol. The number of halogens is 2. The molecular weight excluding hydrogens is 382 g/mol. The smallest absolute Gasteiger partial charge is 0.291 e. The lowest BCUT2D eigenvalue weighted by atomic mass is 10.3. The van der Waals surface area contributed by atoms with Crippen molar-refractivity contribution in [3.63, 3.8) is 0 Å². The molecule has 3 aromatic rings. The minimum atomic E-state index is -0.404. The van der Waals surface area contributed by atoms with Crippen molar-refractivity contribution < 1.29 is 4.79 Å². The van der Waals surface area contributed by atoms with Crippen LogP contribution in [0.5, 0.6) is 0 Å². The largest absolute Gasteiger partial charge is 0.297 e. The molecule has 0 saturated carbocycles. The third-order valence-electron chi connectivity index (χ3n) is 3.01. The van der Waals surface area contributed by atoms with Crippen molar-refractivity contribution in [2.75, 3.05) is 5.43 Å². The van der Waals surface area contributed by atoms with Gasteiger partial charge in [-0.25, -0.2) is 4.68 Å². The Morgan fingerprint density at radius 3 is 2.65 bits per heavy atom. The maximum atomic E-state index is 12.1. The van der Waals surface area contributed by atoms with Crippen LogP contribution in [0.4, 0.5) is 5.69 Å². The first kappa shape index (κ1) is 15.5. The predicted molar refractivity (Wildman–Crippen MR) is 91.6 cm³/mol. The number of nitrogens with one attached hydrogen (secondary N) is 2. The van der Waals surface area contributed by atoms with Gasteiger partial charge in [0, 0.05) is 4.47 Å². The molecule has 2 aromatic carbocycles. The van der Waals surface area contributed by atoms with E-state index in [4.69, 9.17) is 11.6 Å². The number of hydrazine groups is 1. The topological polar surface area (TPSA) is 71.8 Å². The SMILES string of the molecule is O=C(NNc1ccccc1Br)c1cn(-c2ccccc2Cl)nn1. The van der Waals surface area contributed by atoms with Gasteiger partial charge in [0.05, 0.1) is 22.6 Å². The Kier molecular flexibility index (Phi) is 4.59. The second-order valence-corrected chi connectivity index (χ2v) is 5.82. The van der Waals surface area contributed by atoms with Gasteiger partial charge in [-0.1, -0.05) is 41.1 Å². The van der Waals surface area contributed by atoms with Crippen LogP contribution in [0.1, 0.15) is 10.5 Å². The van der Waals surface area contributed by atoms with Crippen LogP contribution in [0.15, 0.2) is 59.2 Å². The van der Waals surface area contributed by atoms with Gasteiger partial charge in [0.1, 0.15) is 0 Å². The Morgan fingerprint density at radius 2 is 1.87 bits per heavy atom. The highest BCUT2D eigenvalue weighted by Crippen LogP contribution is 2.20. The average Bonchev–Trinajstić information content (AvgIpc) is 3.04. The summed E-state index contributed by atoms with van der Waals surface area (Å²) < 4.78 is 2.29. The molecule has 23 heavy (non-hydrogen) atoms. The van der Waals surface area contributed by atoms with E-state index in [-0.39, 0.29) is 5.69 Å². The van der Waals surface area contributed by atoms with Gasteiger partial charge in [-0.2, -0.15) is 0 Å². The highest BCUT2D eigenvalue weighted by atomic mass is 79.9. The van der Waals surface area contributed by atoms with Gasteiger partial charge in [0.25, 0.3) is 5.91 Å². The summed E-state index contributed by atoms with van der Waals surface area (Å²) in [5.41, 5.74) is 6.95. The van der Waals surface area contributed by atoms with Crippen molar-refractivity contribution >= 4 is 39.1 Å². The fourth-order valence-corrected chi connectivity index (χ4v) is 2.48. The summed E-state index contributed by atoms with van der Waals surface area (Å²) in [7, 11) is 0. The van der Waals surface area contributed by atoms with E-state index in [0.717, 1.165) is 10.2 Å². The Morgan fingerprint density at radius 1 is 1.13 bits per heavy atom. The fraction of sp³-hybridized carbons (Fsp3) is 0. The number of hydrogen-bond acceptors (Lipinski definition) is 4. The second-order valence-electron chi connectivity index (χ2n) is 4.56. The molecule has 2 N–H and O–H groups in total. The van der Waals surface area contributed by atoms with E-state index in [1.165, 1.54) is 10.9 Å². The number of para-hydroxylation sites is 2. The van der Waals surface area contributed by atoms with E-state index in [1.54, 1.807) is 12.1 Å². The first-order chi connectivity index (χ1) is 11.1. The zero-order chi connectivity index (χ0) is 16.2. The summed E-state index contributed by atoms with van der Waals surface area (Å²) in [6, 6.07) is 14.6. The number of hydrogen-bond donors (Lipinski definition) is 2. The minimum Gasteiger partial charge on any atom is -0.297 e. The molecule has 1 amide bonds. The Bertz CT molecular complexity index is 851. The molecule has 1 heterocycles. The zero-order valence-corrected chi connectivity index (χ0v) is 14.0. The molecule has 3 rings (SSSR count). The van der Waals surface area contributed by atoms with E-state index < -0.39 is 5.91 Å². The second kappa shape index (κ2) is 6.80. The van der Waals surface area contributed by atoms with Crippen molar-refractivity contribution in [2.24, 2.45) is 0 Å². The van der Waals surface area contributed by atoms with E-state index >= 15 is 0 Å². The Labute approximate surface area is 145 Å². The summed E-state index contributed by atoms with van der Waals surface area (Å²) in [5, 5.41) is 8.31. The highest BCUT2D eigenvalue weighted by molar-refractivity contribution is 9.10. The number of benzene rings is 2. The Hall–Kier alpha value is -2.38. The van der Waals surface area contributed by atoms with Crippen molar-refractivity contribution in [1.29, 1.82) is 0 Å². The van der Waals surface area contributed by atoms with E-state index in [9.17, 15) is 4.79 Å². The third-order valence-corrected chi connectivity index (χ3v) is 4.02. The van der Waals surface area contributed by atoms with Crippen LogP contribution in [-0.4, -0.2) is 20.9 Å². The number of rotatable bonds is 4. The van der Waals surface area contributed by atoms with Crippen LogP contribution in [0.3, 0.4) is 0 Å². The maximum Gasteiger partial charge on any atom is 0.291 e. The number of anilines is 1. The molecule has 0 atom stereocenters. The molecule has 8 heteroatoms. The van der Waals surface area contributed by atoms with Crippen LogP contribution in [0, 0.1) is 0 Å². The lowest BCUT2D eigenvalue weighted by Crippen LogP contribution is -2.29. The molecule has 116 valence electrons. The minimum absolute atomic E-state index is 0.171. The van der Waals surface area contributed by atoms with Crippen molar-refractivity contribution in [3.05, 3.63) is 69.9 Å². The van der Waals surface area contributed by atoms with Crippen LogP contribution >= 0.6 is 27.5 Å². The van der Waals surface area contributed by atoms with Crippen LogP contribution in [-0.2, 0) is 0 Å². The summed E-state index contributed by atoms with van der Waals surface area (Å²) >= 11 is 9.48. The molecule has 0 aliphatic carbocycles. The molecule has 0 spiro atoms. The monoisotopic (exact) mass is 391 g/mol. The molecule has 0 saturated heterocycles. The number of nitrogens with zero attached hydrogens (tertiary/aromatic N) is 3. The fourth-order valence-electron chi connectivity index (χ4n) is 1.87. The molecule has 0 aliphatic rings. The third kappa shape index (κ3) is 3.52. The predicted octanol–water partition coefficient (Wildman–Crippen LogP) is 3.44. The van der Waals surface area contributed by atoms with Crippen LogP contribution < -0.4 is 10.9 Å². The Balaban J connectivity index is 1.72. The molecule has 0 bridgehead atoms. The molecule has 6 nitrogen and oxygen atoms in total. The molecule has 1 aromatic heterocycles. The molecule has 0 fully saturated rings. The van der Waals surface area contributed by atoms with Gasteiger partial charge in [-0.05, 0) is 40.2 Å². The molecule has 0 unspecified atom stereocenters. The lowest BCUT2D eigenvalue weighted by molar-refractivity contribution is 0.0957. The number of carbonyl (C=O) groups is 1. The van der Waals surface area contributed by atoms with Crippen molar-refractivity contribution in [2.45, 2.75) is 0 Å². The van der Waals surface area contributed by atoms with Crippen molar-refractivity contribution in [1.82, 2.24) is 20.4 Å². The van der Waals surface area contributed by atoms with Gasteiger partial charge in [0.2, 0.25) is 0 Å². The van der Waals surface area contributed by atoms with Gasteiger partial charge in [-0.15, -0.1) is 5.10 Å². The van der Waals surface area contributed by atoms with Gasteiger partial charge < -0.3 is 0 Å². The van der Waals surface area contributed by atoms with Gasteiger partial charge in [-0.3, -0.25) is 15.6 Å².